The number of benzene rings is 1. The fraction of sp³-hybridized carbons (Fsp3) is 0.333. The van der Waals surface area contributed by atoms with E-state index < -0.39 is 10.4 Å². The molecule has 0 aliphatic rings. The second kappa shape index (κ2) is 8.76. The SMILES string of the molecule is COS(=O)(=O)OC.COc1ccc(OC)c(C#N)c1C#N. The molecule has 1 aromatic rings. The van der Waals surface area contributed by atoms with Crippen molar-refractivity contribution in [1.29, 1.82) is 10.5 Å². The summed E-state index contributed by atoms with van der Waals surface area (Å²) in [6.07, 6.45) is 0. The molecule has 9 heteroatoms. The molecular weight excluding hydrogens is 300 g/mol. The number of hydrogen-bond donors (Lipinski definition) is 0. The Bertz CT molecular complexity index is 607. The van der Waals surface area contributed by atoms with E-state index in [0.29, 0.717) is 11.5 Å². The molecular formula is C12H14N2O6S. The standard InChI is InChI=1S/C10H8N2O2.C2H6O4S/c1-13-9-3-4-10(14-2)8(6-12)7(9)5-11;1-5-7(3,4)6-2/h3-4H,1-2H3;1-2H3. The summed E-state index contributed by atoms with van der Waals surface area (Å²) < 4.78 is 37.4. The molecule has 0 spiro atoms. The van der Waals surface area contributed by atoms with Crippen LogP contribution in [0.1, 0.15) is 11.1 Å². The van der Waals surface area contributed by atoms with Crippen LogP contribution in [0.25, 0.3) is 0 Å². The minimum Gasteiger partial charge on any atom is -0.495 e. The molecule has 0 heterocycles. The highest BCUT2D eigenvalue weighted by molar-refractivity contribution is 7.81. The molecule has 0 bridgehead atoms. The van der Waals surface area contributed by atoms with Gasteiger partial charge >= 0.3 is 10.4 Å². The van der Waals surface area contributed by atoms with Crippen molar-refractivity contribution in [2.75, 3.05) is 28.4 Å². The summed E-state index contributed by atoms with van der Waals surface area (Å²) in [6.45, 7) is 0. The van der Waals surface area contributed by atoms with E-state index in [9.17, 15) is 8.42 Å². The van der Waals surface area contributed by atoms with Gasteiger partial charge in [-0.25, -0.2) is 0 Å². The van der Waals surface area contributed by atoms with Gasteiger partial charge in [0.05, 0.1) is 28.4 Å². The van der Waals surface area contributed by atoms with Gasteiger partial charge in [0.25, 0.3) is 0 Å². The van der Waals surface area contributed by atoms with Gasteiger partial charge in [0, 0.05) is 0 Å². The normalized spacial score (nSPS) is 9.62. The lowest BCUT2D eigenvalue weighted by Gasteiger charge is -2.07. The molecule has 114 valence electrons. The number of methoxy groups -OCH3 is 2. The van der Waals surface area contributed by atoms with Gasteiger partial charge in [-0.1, -0.05) is 0 Å². The summed E-state index contributed by atoms with van der Waals surface area (Å²) in [4.78, 5) is 0. The Morgan fingerprint density at radius 3 is 1.33 bits per heavy atom. The predicted molar refractivity (Wildman–Crippen MR) is 71.9 cm³/mol. The Kier molecular flexibility index (Phi) is 7.79. The average molecular weight is 314 g/mol. The Labute approximate surface area is 123 Å². The highest BCUT2D eigenvalue weighted by Gasteiger charge is 2.13. The molecule has 0 unspecified atom stereocenters. The quantitative estimate of drug-likeness (QED) is 0.806. The van der Waals surface area contributed by atoms with Crippen LogP contribution in [0.4, 0.5) is 0 Å². The van der Waals surface area contributed by atoms with E-state index >= 15 is 0 Å². The smallest absolute Gasteiger partial charge is 0.399 e. The van der Waals surface area contributed by atoms with Crippen molar-refractivity contribution in [2.24, 2.45) is 0 Å². The van der Waals surface area contributed by atoms with Crippen LogP contribution in [-0.2, 0) is 18.8 Å². The first-order valence-electron chi connectivity index (χ1n) is 5.32. The van der Waals surface area contributed by atoms with Crippen LogP contribution in [0.3, 0.4) is 0 Å². The number of ether oxygens (including phenoxy) is 2. The molecule has 0 aliphatic heterocycles. The number of rotatable bonds is 4. The minimum atomic E-state index is -3.66. The first-order chi connectivity index (χ1) is 9.90. The zero-order valence-corrected chi connectivity index (χ0v) is 12.7. The third kappa shape index (κ3) is 5.28. The first-order valence-corrected chi connectivity index (χ1v) is 6.65. The summed E-state index contributed by atoms with van der Waals surface area (Å²) in [5, 5.41) is 17.7. The highest BCUT2D eigenvalue weighted by Crippen LogP contribution is 2.28. The summed E-state index contributed by atoms with van der Waals surface area (Å²) in [7, 11) is 1.29. The molecule has 0 saturated carbocycles. The molecule has 0 aromatic heterocycles. The van der Waals surface area contributed by atoms with E-state index in [0.717, 1.165) is 14.2 Å². The average Bonchev–Trinajstić information content (AvgIpc) is 2.53. The van der Waals surface area contributed by atoms with Gasteiger partial charge in [0.15, 0.2) is 0 Å². The van der Waals surface area contributed by atoms with Crippen LogP contribution < -0.4 is 9.47 Å². The summed E-state index contributed by atoms with van der Waals surface area (Å²) in [5.41, 5.74) is 0.406. The van der Waals surface area contributed by atoms with Crippen LogP contribution in [0.5, 0.6) is 11.5 Å². The topological polar surface area (TPSA) is 119 Å². The summed E-state index contributed by atoms with van der Waals surface area (Å²) >= 11 is 0. The van der Waals surface area contributed by atoms with Crippen LogP contribution in [0.2, 0.25) is 0 Å². The van der Waals surface area contributed by atoms with Gasteiger partial charge in [-0.3, -0.25) is 8.37 Å². The Morgan fingerprint density at radius 2 is 1.19 bits per heavy atom. The monoisotopic (exact) mass is 314 g/mol. The lowest BCUT2D eigenvalue weighted by Crippen LogP contribution is -2.02. The van der Waals surface area contributed by atoms with E-state index in [1.54, 1.807) is 12.1 Å². The van der Waals surface area contributed by atoms with Gasteiger partial charge in [-0.2, -0.15) is 18.9 Å². The van der Waals surface area contributed by atoms with Gasteiger partial charge in [-0.05, 0) is 12.1 Å². The van der Waals surface area contributed by atoms with Crippen LogP contribution >= 0.6 is 0 Å². The first kappa shape index (κ1) is 18.7. The van der Waals surface area contributed by atoms with E-state index in [1.165, 1.54) is 14.2 Å². The molecule has 0 radical (unpaired) electrons. The van der Waals surface area contributed by atoms with Crippen molar-refractivity contribution in [3.8, 4) is 23.6 Å². The van der Waals surface area contributed by atoms with E-state index in [4.69, 9.17) is 20.0 Å². The molecule has 0 saturated heterocycles. The van der Waals surface area contributed by atoms with Crippen molar-refractivity contribution in [3.05, 3.63) is 23.3 Å². The fourth-order valence-corrected chi connectivity index (χ4v) is 1.33. The second-order valence-electron chi connectivity index (χ2n) is 3.19. The molecule has 0 fully saturated rings. The van der Waals surface area contributed by atoms with Crippen molar-refractivity contribution in [3.63, 3.8) is 0 Å². The number of hydrogen-bond acceptors (Lipinski definition) is 8. The lowest BCUT2D eigenvalue weighted by molar-refractivity contribution is 0.286. The maximum absolute atomic E-state index is 9.92. The Hall–Kier alpha value is -2.33. The van der Waals surface area contributed by atoms with Gasteiger partial charge in [-0.15, -0.1) is 0 Å². The molecule has 0 N–H and O–H groups in total. The maximum atomic E-state index is 9.92. The maximum Gasteiger partial charge on any atom is 0.399 e. The number of nitrogens with zero attached hydrogens (tertiary/aromatic N) is 2. The fourth-order valence-electron chi connectivity index (χ4n) is 1.19. The van der Waals surface area contributed by atoms with Crippen LogP contribution in [0, 0.1) is 22.7 Å². The molecule has 0 amide bonds. The zero-order chi connectivity index (χ0) is 16.5. The molecule has 1 aromatic carbocycles. The van der Waals surface area contributed by atoms with Crippen molar-refractivity contribution < 1.29 is 26.3 Å². The van der Waals surface area contributed by atoms with Crippen molar-refractivity contribution in [1.82, 2.24) is 0 Å². The zero-order valence-electron chi connectivity index (χ0n) is 11.9. The summed E-state index contributed by atoms with van der Waals surface area (Å²) in [5.74, 6) is 0.759. The Balaban J connectivity index is 0.000000486. The third-order valence-corrected chi connectivity index (χ3v) is 3.02. The molecule has 0 atom stereocenters. The third-order valence-electron chi connectivity index (χ3n) is 2.20. The molecule has 8 nitrogen and oxygen atoms in total. The Morgan fingerprint density at radius 1 is 0.857 bits per heavy atom. The van der Waals surface area contributed by atoms with E-state index in [2.05, 4.69) is 8.37 Å². The molecule has 0 aliphatic carbocycles. The second-order valence-corrected chi connectivity index (χ2v) is 4.67. The van der Waals surface area contributed by atoms with Gasteiger partial charge in [0.2, 0.25) is 0 Å². The van der Waals surface area contributed by atoms with Gasteiger partial charge in [0.1, 0.15) is 34.8 Å². The van der Waals surface area contributed by atoms with E-state index in [-0.39, 0.29) is 11.1 Å². The molecule has 1 rings (SSSR count). The minimum absolute atomic E-state index is 0.203. The lowest BCUT2D eigenvalue weighted by atomic mass is 10.1. The molecule has 21 heavy (non-hydrogen) atoms. The van der Waals surface area contributed by atoms with Gasteiger partial charge < -0.3 is 9.47 Å². The predicted octanol–water partition coefficient (Wildman–Crippen LogP) is 0.971. The van der Waals surface area contributed by atoms with Crippen LogP contribution in [-0.4, -0.2) is 36.9 Å². The van der Waals surface area contributed by atoms with Crippen molar-refractivity contribution in [2.45, 2.75) is 0 Å². The number of nitriles is 2. The largest absolute Gasteiger partial charge is 0.495 e. The van der Waals surface area contributed by atoms with Crippen LogP contribution in [0.15, 0.2) is 12.1 Å². The highest BCUT2D eigenvalue weighted by atomic mass is 32.3. The summed E-state index contributed by atoms with van der Waals surface area (Å²) in [6, 6.07) is 7.02. The van der Waals surface area contributed by atoms with E-state index in [1.807, 2.05) is 12.1 Å². The van der Waals surface area contributed by atoms with Crippen molar-refractivity contribution >= 4 is 10.4 Å².